The summed E-state index contributed by atoms with van der Waals surface area (Å²) < 4.78 is 16.2. The molecule has 0 bridgehead atoms. The average molecular weight is 407 g/mol. The zero-order valence-electron chi connectivity index (χ0n) is 17.3. The van der Waals surface area contributed by atoms with Crippen LogP contribution in [0.25, 0.3) is 0 Å². The maximum absolute atomic E-state index is 5.74. The van der Waals surface area contributed by atoms with Gasteiger partial charge in [-0.1, -0.05) is 0 Å². The van der Waals surface area contributed by atoms with Crippen LogP contribution in [0, 0.1) is 0 Å². The molecule has 1 aromatic heterocycles. The number of benzene rings is 1. The van der Waals surface area contributed by atoms with Crippen LogP contribution in [0.5, 0.6) is 11.5 Å². The van der Waals surface area contributed by atoms with Crippen molar-refractivity contribution in [1.82, 2.24) is 15.2 Å². The molecule has 154 valence electrons. The van der Waals surface area contributed by atoms with Crippen molar-refractivity contribution in [2.24, 2.45) is 4.99 Å². The van der Waals surface area contributed by atoms with Gasteiger partial charge in [-0.3, -0.25) is 0 Å². The molecule has 0 radical (unpaired) electrons. The highest BCUT2D eigenvalue weighted by molar-refractivity contribution is 7.09. The minimum absolute atomic E-state index is 0.0149. The number of nitrogens with zero attached hydrogens (tertiary/aromatic N) is 3. The molecule has 0 fully saturated rings. The van der Waals surface area contributed by atoms with Crippen LogP contribution in [0.3, 0.4) is 0 Å². The Bertz CT molecular complexity index is 733. The highest BCUT2D eigenvalue weighted by Gasteiger charge is 2.12. The number of guanidine groups is 1. The predicted molar refractivity (Wildman–Crippen MR) is 113 cm³/mol. The molecule has 0 saturated heterocycles. The molecule has 0 spiro atoms. The van der Waals surface area contributed by atoms with Gasteiger partial charge in [0.05, 0.1) is 25.9 Å². The largest absolute Gasteiger partial charge is 0.497 e. The van der Waals surface area contributed by atoms with Crippen LogP contribution in [-0.4, -0.2) is 56.8 Å². The Kier molecular flexibility index (Phi) is 9.03. The molecule has 2 rings (SSSR count). The number of aromatic nitrogens is 1. The van der Waals surface area contributed by atoms with Crippen molar-refractivity contribution in [1.29, 1.82) is 0 Å². The number of thiazole rings is 1. The second kappa shape index (κ2) is 11.5. The van der Waals surface area contributed by atoms with Crippen molar-refractivity contribution in [2.75, 3.05) is 41.0 Å². The fourth-order valence-corrected chi connectivity index (χ4v) is 3.30. The van der Waals surface area contributed by atoms with Crippen molar-refractivity contribution >= 4 is 17.3 Å². The van der Waals surface area contributed by atoms with Gasteiger partial charge >= 0.3 is 0 Å². The second-order valence-electron chi connectivity index (χ2n) is 6.17. The molecule has 0 amide bonds. The first-order valence-electron chi connectivity index (χ1n) is 9.30. The lowest BCUT2D eigenvalue weighted by atomic mass is 10.3. The summed E-state index contributed by atoms with van der Waals surface area (Å²) in [6, 6.07) is 7.54. The van der Waals surface area contributed by atoms with E-state index in [1.54, 1.807) is 25.6 Å². The Morgan fingerprint density at radius 3 is 2.61 bits per heavy atom. The van der Waals surface area contributed by atoms with Gasteiger partial charge in [-0.15, -0.1) is 11.3 Å². The first-order valence-corrected chi connectivity index (χ1v) is 10.2. The lowest BCUT2D eigenvalue weighted by molar-refractivity contribution is 0.119. The minimum Gasteiger partial charge on any atom is -0.497 e. The third kappa shape index (κ3) is 6.69. The van der Waals surface area contributed by atoms with Crippen molar-refractivity contribution in [3.63, 3.8) is 0 Å². The molecular weight excluding hydrogens is 376 g/mol. The van der Waals surface area contributed by atoms with Crippen LogP contribution in [-0.2, 0) is 11.3 Å². The monoisotopic (exact) mass is 406 g/mol. The van der Waals surface area contributed by atoms with Crippen molar-refractivity contribution < 1.29 is 14.2 Å². The molecule has 8 heteroatoms. The smallest absolute Gasteiger partial charge is 0.194 e. The summed E-state index contributed by atoms with van der Waals surface area (Å²) in [5.74, 6) is 2.44. The number of methoxy groups -OCH3 is 2. The van der Waals surface area contributed by atoms with E-state index in [1.165, 1.54) is 0 Å². The molecule has 1 heterocycles. The normalized spacial score (nSPS) is 12.5. The highest BCUT2D eigenvalue weighted by Crippen LogP contribution is 2.21. The standard InChI is InChI=1S/C20H30N4O3S/c1-6-21-20(22-11-12-27-18-9-7-17(26-5)8-10-18)24(3)13-16-14-28-19(23-16)15(2)25-4/h7-10,14-15H,6,11-13H2,1-5H3,(H,21,22). The average Bonchev–Trinajstić information content (AvgIpc) is 3.18. The Hall–Kier alpha value is -2.32. The van der Waals surface area contributed by atoms with Gasteiger partial charge in [0.25, 0.3) is 0 Å². The maximum atomic E-state index is 5.74. The van der Waals surface area contributed by atoms with Gasteiger partial charge in [-0.25, -0.2) is 9.98 Å². The molecule has 2 aromatic rings. The number of aliphatic imine (C=N–C) groups is 1. The van der Waals surface area contributed by atoms with Gasteiger partial charge in [0.2, 0.25) is 0 Å². The zero-order valence-corrected chi connectivity index (χ0v) is 18.1. The van der Waals surface area contributed by atoms with Crippen molar-refractivity contribution in [3.05, 3.63) is 40.3 Å². The van der Waals surface area contributed by atoms with Gasteiger partial charge < -0.3 is 24.4 Å². The Morgan fingerprint density at radius 2 is 1.96 bits per heavy atom. The lowest BCUT2D eigenvalue weighted by Gasteiger charge is -2.21. The van der Waals surface area contributed by atoms with E-state index in [-0.39, 0.29) is 6.10 Å². The fraction of sp³-hybridized carbons (Fsp3) is 0.500. The van der Waals surface area contributed by atoms with E-state index in [9.17, 15) is 0 Å². The van der Waals surface area contributed by atoms with Gasteiger partial charge in [0.1, 0.15) is 29.2 Å². The van der Waals surface area contributed by atoms with Crippen LogP contribution in [0.1, 0.15) is 30.7 Å². The van der Waals surface area contributed by atoms with E-state index >= 15 is 0 Å². The van der Waals surface area contributed by atoms with Crippen LogP contribution in [0.4, 0.5) is 0 Å². The third-order valence-corrected chi connectivity index (χ3v) is 5.10. The molecule has 0 saturated carbocycles. The van der Waals surface area contributed by atoms with Crippen LogP contribution in [0.2, 0.25) is 0 Å². The lowest BCUT2D eigenvalue weighted by Crippen LogP contribution is -2.38. The van der Waals surface area contributed by atoms with Crippen molar-refractivity contribution in [3.8, 4) is 11.5 Å². The molecule has 1 aromatic carbocycles. The molecule has 0 aliphatic heterocycles. The van der Waals surface area contributed by atoms with Crippen LogP contribution >= 0.6 is 11.3 Å². The molecule has 1 N–H and O–H groups in total. The molecule has 1 unspecified atom stereocenters. The quantitative estimate of drug-likeness (QED) is 0.371. The number of ether oxygens (including phenoxy) is 3. The van der Waals surface area contributed by atoms with Gasteiger partial charge in [0, 0.05) is 26.1 Å². The summed E-state index contributed by atoms with van der Waals surface area (Å²) >= 11 is 1.62. The third-order valence-electron chi connectivity index (χ3n) is 4.05. The second-order valence-corrected chi connectivity index (χ2v) is 7.06. The summed E-state index contributed by atoms with van der Waals surface area (Å²) in [6.45, 7) is 6.59. The summed E-state index contributed by atoms with van der Waals surface area (Å²) in [5, 5.41) is 6.37. The molecular formula is C20H30N4O3S. The topological polar surface area (TPSA) is 68.2 Å². The predicted octanol–water partition coefficient (Wildman–Crippen LogP) is 3.34. The Labute approximate surface area is 171 Å². The van der Waals surface area contributed by atoms with Gasteiger partial charge in [-0.05, 0) is 38.1 Å². The highest BCUT2D eigenvalue weighted by atomic mass is 32.1. The first-order chi connectivity index (χ1) is 13.6. The van der Waals surface area contributed by atoms with Crippen LogP contribution in [0.15, 0.2) is 34.6 Å². The van der Waals surface area contributed by atoms with E-state index < -0.39 is 0 Å². The first kappa shape index (κ1) is 22.0. The summed E-state index contributed by atoms with van der Waals surface area (Å²) in [6.07, 6.45) is 0.0149. The van der Waals surface area contributed by atoms with E-state index in [4.69, 9.17) is 14.2 Å². The molecule has 0 aliphatic rings. The molecule has 7 nitrogen and oxygen atoms in total. The molecule has 0 aliphatic carbocycles. The van der Waals surface area contributed by atoms with Gasteiger partial charge in [0.15, 0.2) is 5.96 Å². The van der Waals surface area contributed by atoms with E-state index in [2.05, 4.69) is 32.5 Å². The Morgan fingerprint density at radius 1 is 1.25 bits per heavy atom. The van der Waals surface area contributed by atoms with E-state index in [1.807, 2.05) is 38.2 Å². The minimum atomic E-state index is 0.0149. The van der Waals surface area contributed by atoms with Gasteiger partial charge in [-0.2, -0.15) is 0 Å². The molecule has 28 heavy (non-hydrogen) atoms. The summed E-state index contributed by atoms with van der Waals surface area (Å²) in [7, 11) is 5.35. The summed E-state index contributed by atoms with van der Waals surface area (Å²) in [4.78, 5) is 11.4. The fourth-order valence-electron chi connectivity index (χ4n) is 2.46. The number of rotatable bonds is 10. The number of hydrogen-bond donors (Lipinski definition) is 1. The van der Waals surface area contributed by atoms with Crippen molar-refractivity contribution in [2.45, 2.75) is 26.5 Å². The molecule has 1 atom stereocenters. The van der Waals surface area contributed by atoms with E-state index in [0.29, 0.717) is 19.7 Å². The summed E-state index contributed by atoms with van der Waals surface area (Å²) in [5.41, 5.74) is 1.01. The Balaban J connectivity index is 1.88. The van der Waals surface area contributed by atoms with E-state index in [0.717, 1.165) is 34.7 Å². The zero-order chi connectivity index (χ0) is 20.4. The number of hydrogen-bond acceptors (Lipinski definition) is 6. The SMILES string of the molecule is CCNC(=NCCOc1ccc(OC)cc1)N(C)Cc1csc(C(C)OC)n1. The maximum Gasteiger partial charge on any atom is 0.194 e. The van der Waals surface area contributed by atoms with Crippen LogP contribution < -0.4 is 14.8 Å². The number of nitrogens with one attached hydrogen (secondary N) is 1.